The lowest BCUT2D eigenvalue weighted by atomic mass is 9.85. The number of anilines is 1. The number of nitrogens with two attached hydrogens (primary N) is 1. The second-order valence-electron chi connectivity index (χ2n) is 8.24. The molecule has 5 nitrogen and oxygen atoms in total. The highest BCUT2D eigenvalue weighted by Crippen LogP contribution is 2.29. The first-order valence-electron chi connectivity index (χ1n) is 11.0. The fourth-order valence-corrected chi connectivity index (χ4v) is 4.13. The number of hydrogen-bond acceptors (Lipinski definition) is 3. The summed E-state index contributed by atoms with van der Waals surface area (Å²) in [4.78, 5) is 24.9. The van der Waals surface area contributed by atoms with Crippen LogP contribution in [0.15, 0.2) is 95.8 Å². The van der Waals surface area contributed by atoms with Gasteiger partial charge in [-0.2, -0.15) is 0 Å². The number of nitrogens with zero attached hydrogens (tertiary/aromatic N) is 1. The molecule has 1 heterocycles. The van der Waals surface area contributed by atoms with Crippen LogP contribution in [0, 0.1) is 12.7 Å². The average molecular weight is 456 g/mol. The second kappa shape index (κ2) is 9.85. The monoisotopic (exact) mass is 455 g/mol. The van der Waals surface area contributed by atoms with Gasteiger partial charge in [0.25, 0.3) is 0 Å². The lowest BCUT2D eigenvalue weighted by molar-refractivity contribution is -0.117. The van der Waals surface area contributed by atoms with E-state index in [9.17, 15) is 9.59 Å². The molecule has 34 heavy (non-hydrogen) atoms. The van der Waals surface area contributed by atoms with E-state index in [1.165, 1.54) is 16.7 Å². The Morgan fingerprint density at radius 2 is 1.44 bits per heavy atom. The van der Waals surface area contributed by atoms with E-state index < -0.39 is 17.8 Å². The highest BCUT2D eigenvalue weighted by Gasteiger charge is 2.28. The van der Waals surface area contributed by atoms with E-state index in [-0.39, 0.29) is 11.5 Å². The number of halogens is 1. The molecule has 0 radical (unpaired) electrons. The zero-order valence-corrected chi connectivity index (χ0v) is 19.0. The molecule has 3 N–H and O–H groups in total. The van der Waals surface area contributed by atoms with Crippen molar-refractivity contribution in [2.75, 3.05) is 5.32 Å². The summed E-state index contributed by atoms with van der Waals surface area (Å²) in [6.07, 6.45) is 0. The maximum atomic E-state index is 15.0. The third kappa shape index (κ3) is 4.67. The molecule has 0 unspecified atom stereocenters. The van der Waals surface area contributed by atoms with Crippen molar-refractivity contribution < 1.29 is 9.18 Å². The molecule has 0 spiro atoms. The van der Waals surface area contributed by atoms with Crippen LogP contribution in [-0.2, 0) is 11.8 Å². The molecule has 0 saturated heterocycles. The number of pyridine rings is 1. The molecular weight excluding hydrogens is 429 g/mol. The van der Waals surface area contributed by atoms with Crippen LogP contribution >= 0.6 is 0 Å². The number of aromatic nitrogens is 1. The largest absolute Gasteiger partial charge is 0.325 e. The lowest BCUT2D eigenvalue weighted by Gasteiger charge is -2.24. The van der Waals surface area contributed by atoms with Gasteiger partial charge in [0.05, 0.1) is 6.04 Å². The van der Waals surface area contributed by atoms with E-state index in [0.717, 1.165) is 11.1 Å². The fraction of sp³-hybridized carbons (Fsp3) is 0.143. The molecule has 0 aliphatic carbocycles. The van der Waals surface area contributed by atoms with Gasteiger partial charge in [-0.25, -0.2) is 4.39 Å². The first kappa shape index (κ1) is 23.1. The smallest absolute Gasteiger partial charge is 0.250 e. The Hall–Kier alpha value is -4.03. The number of benzene rings is 3. The Labute approximate surface area is 197 Å². The van der Waals surface area contributed by atoms with E-state index in [0.29, 0.717) is 22.5 Å². The highest BCUT2D eigenvalue weighted by atomic mass is 19.1. The van der Waals surface area contributed by atoms with Gasteiger partial charge in [0.15, 0.2) is 0 Å². The number of amides is 1. The molecule has 1 aromatic heterocycles. The van der Waals surface area contributed by atoms with Gasteiger partial charge in [-0.3, -0.25) is 9.59 Å². The molecule has 6 heteroatoms. The van der Waals surface area contributed by atoms with Crippen molar-refractivity contribution in [1.29, 1.82) is 0 Å². The van der Waals surface area contributed by atoms with E-state index in [1.807, 2.05) is 60.7 Å². The van der Waals surface area contributed by atoms with Gasteiger partial charge in [0.2, 0.25) is 11.5 Å². The minimum atomic E-state index is -0.890. The van der Waals surface area contributed by atoms with Crippen LogP contribution in [0.2, 0.25) is 0 Å². The molecule has 0 aliphatic heterocycles. The second-order valence-corrected chi connectivity index (χ2v) is 8.24. The molecule has 0 aliphatic rings. The Morgan fingerprint density at radius 1 is 0.882 bits per heavy atom. The summed E-state index contributed by atoms with van der Waals surface area (Å²) in [6.45, 7) is 1.76. The quantitative estimate of drug-likeness (QED) is 0.446. The summed E-state index contributed by atoms with van der Waals surface area (Å²) in [5.41, 5.74) is 10.0. The first-order valence-corrected chi connectivity index (χ1v) is 11.0. The SMILES string of the molecule is Cc1c(-c2ccc(NC(=O)[C@@H](N)C(c3ccccc3)c3ccccc3)cc2F)ccc(=O)n1C. The Kier molecular flexibility index (Phi) is 6.70. The van der Waals surface area contributed by atoms with Gasteiger partial charge < -0.3 is 15.6 Å². The number of carbonyl (C=O) groups is 1. The van der Waals surface area contributed by atoms with Crippen LogP contribution in [0.4, 0.5) is 10.1 Å². The molecule has 3 aromatic carbocycles. The van der Waals surface area contributed by atoms with Crippen LogP contribution < -0.4 is 16.6 Å². The molecule has 0 bridgehead atoms. The fourth-order valence-electron chi connectivity index (χ4n) is 4.13. The van der Waals surface area contributed by atoms with Crippen LogP contribution in [0.1, 0.15) is 22.7 Å². The molecule has 4 rings (SSSR count). The van der Waals surface area contributed by atoms with Gasteiger partial charge in [0.1, 0.15) is 5.82 Å². The van der Waals surface area contributed by atoms with Gasteiger partial charge >= 0.3 is 0 Å². The van der Waals surface area contributed by atoms with Crippen molar-refractivity contribution in [3.8, 4) is 11.1 Å². The number of nitrogens with one attached hydrogen (secondary N) is 1. The third-order valence-electron chi connectivity index (χ3n) is 6.12. The van der Waals surface area contributed by atoms with E-state index >= 15 is 4.39 Å². The first-order chi connectivity index (χ1) is 16.4. The summed E-state index contributed by atoms with van der Waals surface area (Å²) in [7, 11) is 1.64. The summed E-state index contributed by atoms with van der Waals surface area (Å²) < 4.78 is 16.5. The zero-order chi connectivity index (χ0) is 24.2. The zero-order valence-electron chi connectivity index (χ0n) is 19.0. The Bertz CT molecular complexity index is 1330. The Morgan fingerprint density at radius 3 is 2.00 bits per heavy atom. The van der Waals surface area contributed by atoms with Gasteiger partial charge in [0, 0.05) is 41.5 Å². The van der Waals surface area contributed by atoms with Gasteiger partial charge in [-0.15, -0.1) is 0 Å². The third-order valence-corrected chi connectivity index (χ3v) is 6.12. The predicted molar refractivity (Wildman–Crippen MR) is 133 cm³/mol. The maximum Gasteiger partial charge on any atom is 0.250 e. The van der Waals surface area contributed by atoms with Crippen molar-refractivity contribution >= 4 is 11.6 Å². The van der Waals surface area contributed by atoms with E-state index in [2.05, 4.69) is 5.32 Å². The minimum Gasteiger partial charge on any atom is -0.325 e. The Balaban J connectivity index is 1.60. The normalized spacial score (nSPS) is 11.9. The predicted octanol–water partition coefficient (Wildman–Crippen LogP) is 4.60. The average Bonchev–Trinajstić information content (AvgIpc) is 2.85. The number of hydrogen-bond donors (Lipinski definition) is 2. The van der Waals surface area contributed by atoms with Crippen molar-refractivity contribution in [3.05, 3.63) is 124 Å². The van der Waals surface area contributed by atoms with Crippen LogP contribution in [-0.4, -0.2) is 16.5 Å². The number of rotatable bonds is 6. The molecule has 1 atom stereocenters. The summed E-state index contributed by atoms with van der Waals surface area (Å²) >= 11 is 0. The van der Waals surface area contributed by atoms with E-state index in [4.69, 9.17) is 5.73 Å². The lowest BCUT2D eigenvalue weighted by Crippen LogP contribution is -2.41. The standard InChI is InChI=1S/C28H26FN3O2/c1-18-22(15-16-25(33)32(18)2)23-14-13-21(17-24(23)29)31-28(34)27(30)26(19-9-5-3-6-10-19)20-11-7-4-8-12-20/h3-17,26-27H,30H2,1-2H3,(H,31,34)/t27-/m0/s1. The van der Waals surface area contributed by atoms with E-state index in [1.54, 1.807) is 32.2 Å². The molecular formula is C28H26FN3O2. The summed E-state index contributed by atoms with van der Waals surface area (Å²) in [5, 5.41) is 2.76. The van der Waals surface area contributed by atoms with Crippen molar-refractivity contribution in [1.82, 2.24) is 4.57 Å². The summed E-state index contributed by atoms with van der Waals surface area (Å²) in [5.74, 6) is -1.28. The van der Waals surface area contributed by atoms with Crippen molar-refractivity contribution in [2.24, 2.45) is 12.8 Å². The number of carbonyl (C=O) groups excluding carboxylic acids is 1. The topological polar surface area (TPSA) is 77.1 Å². The van der Waals surface area contributed by atoms with Crippen LogP contribution in [0.3, 0.4) is 0 Å². The minimum absolute atomic E-state index is 0.161. The molecule has 1 amide bonds. The molecule has 0 fully saturated rings. The van der Waals surface area contributed by atoms with Crippen LogP contribution in [0.5, 0.6) is 0 Å². The molecule has 172 valence electrons. The van der Waals surface area contributed by atoms with Crippen molar-refractivity contribution in [3.63, 3.8) is 0 Å². The maximum absolute atomic E-state index is 15.0. The van der Waals surface area contributed by atoms with Crippen LogP contribution in [0.25, 0.3) is 11.1 Å². The molecule has 4 aromatic rings. The van der Waals surface area contributed by atoms with Gasteiger partial charge in [-0.1, -0.05) is 60.7 Å². The highest BCUT2D eigenvalue weighted by molar-refractivity contribution is 5.96. The van der Waals surface area contributed by atoms with Crippen molar-refractivity contribution in [2.45, 2.75) is 18.9 Å². The van der Waals surface area contributed by atoms with Gasteiger partial charge in [-0.05, 0) is 42.3 Å². The summed E-state index contributed by atoms with van der Waals surface area (Å²) in [6, 6.07) is 25.8. The molecule has 0 saturated carbocycles.